The van der Waals surface area contributed by atoms with E-state index in [1.165, 1.54) is 0 Å². The summed E-state index contributed by atoms with van der Waals surface area (Å²) in [6, 6.07) is -0.501. The second-order valence-corrected chi connectivity index (χ2v) is 9.79. The first-order chi connectivity index (χ1) is 19.3. The zero-order chi connectivity index (χ0) is 29.7. The van der Waals surface area contributed by atoms with Crippen LogP contribution in [0.5, 0.6) is 0 Å². The fourth-order valence-corrected chi connectivity index (χ4v) is 3.16. The van der Waals surface area contributed by atoms with Gasteiger partial charge >= 0.3 is 0 Å². The lowest BCUT2D eigenvalue weighted by atomic mass is 10.0. The Morgan fingerprint density at radius 3 is 1.35 bits per heavy atom. The summed E-state index contributed by atoms with van der Waals surface area (Å²) in [4.78, 5) is 25.0. The lowest BCUT2D eigenvalue weighted by Crippen LogP contribution is -2.52. The number of amides is 2. The first-order valence-corrected chi connectivity index (χ1v) is 14.1. The fourth-order valence-electron chi connectivity index (χ4n) is 3.16. The molecule has 0 rings (SSSR count). The van der Waals surface area contributed by atoms with Crippen LogP contribution >= 0.6 is 0 Å². The van der Waals surface area contributed by atoms with Crippen molar-refractivity contribution in [3.05, 3.63) is 0 Å². The highest BCUT2D eigenvalue weighted by Gasteiger charge is 2.24. The summed E-state index contributed by atoms with van der Waals surface area (Å²) in [7, 11) is 3.26. The molecule has 0 aliphatic rings. The molecular formula is C27H55N3O10. The van der Waals surface area contributed by atoms with Crippen molar-refractivity contribution < 1.29 is 47.5 Å². The largest absolute Gasteiger partial charge is 0.382 e. The van der Waals surface area contributed by atoms with E-state index >= 15 is 0 Å². The van der Waals surface area contributed by atoms with E-state index < -0.39 is 6.04 Å². The van der Waals surface area contributed by atoms with Crippen molar-refractivity contribution in [3.8, 4) is 0 Å². The number of methoxy groups -OCH3 is 2. The Morgan fingerprint density at radius 1 is 0.575 bits per heavy atom. The van der Waals surface area contributed by atoms with Gasteiger partial charge in [0.05, 0.1) is 98.5 Å². The topological polar surface area (TPSA) is 144 Å². The Hall–Kier alpha value is -1.42. The molecule has 0 aliphatic carbocycles. The highest BCUT2D eigenvalue weighted by Crippen LogP contribution is 2.06. The van der Waals surface area contributed by atoms with Gasteiger partial charge in [-0.25, -0.2) is 0 Å². The SMILES string of the molecule is COCCOCCOCCOCCNC(=O)CC[C@H](NC(C)(C)C)C(=O)NCCOCCOCCOCCOC. The predicted octanol–water partition coefficient (Wildman–Crippen LogP) is 0.148. The van der Waals surface area contributed by atoms with Crippen LogP contribution < -0.4 is 16.0 Å². The third-order valence-electron chi connectivity index (χ3n) is 5.05. The third-order valence-corrected chi connectivity index (χ3v) is 5.05. The van der Waals surface area contributed by atoms with Crippen molar-refractivity contribution in [2.45, 2.75) is 45.2 Å². The van der Waals surface area contributed by atoms with E-state index in [1.807, 2.05) is 20.8 Å². The maximum absolute atomic E-state index is 12.7. The highest BCUT2D eigenvalue weighted by atomic mass is 16.6. The molecular weight excluding hydrogens is 526 g/mol. The van der Waals surface area contributed by atoms with Crippen molar-refractivity contribution in [1.29, 1.82) is 0 Å². The van der Waals surface area contributed by atoms with Crippen molar-refractivity contribution in [2.24, 2.45) is 0 Å². The predicted molar refractivity (Wildman–Crippen MR) is 151 cm³/mol. The molecule has 0 radical (unpaired) electrons. The molecule has 0 fully saturated rings. The zero-order valence-electron chi connectivity index (χ0n) is 25.4. The van der Waals surface area contributed by atoms with Gasteiger partial charge < -0.3 is 53.8 Å². The summed E-state index contributed by atoms with van der Waals surface area (Å²) in [5.74, 6) is -0.294. The van der Waals surface area contributed by atoms with Crippen LogP contribution in [-0.4, -0.2) is 143 Å². The van der Waals surface area contributed by atoms with Gasteiger partial charge in [-0.2, -0.15) is 0 Å². The van der Waals surface area contributed by atoms with E-state index in [4.69, 9.17) is 37.9 Å². The molecule has 0 aliphatic heterocycles. The third kappa shape index (κ3) is 28.1. The minimum Gasteiger partial charge on any atom is -0.382 e. The smallest absolute Gasteiger partial charge is 0.237 e. The van der Waals surface area contributed by atoms with E-state index in [1.54, 1.807) is 14.2 Å². The summed E-state index contributed by atoms with van der Waals surface area (Å²) in [5.41, 5.74) is -0.286. The monoisotopic (exact) mass is 581 g/mol. The molecule has 0 aromatic heterocycles. The average Bonchev–Trinajstić information content (AvgIpc) is 2.91. The quantitative estimate of drug-likeness (QED) is 0.104. The Balaban J connectivity index is 3.92. The summed E-state index contributed by atoms with van der Waals surface area (Å²) in [5, 5.41) is 8.99. The molecule has 0 saturated heterocycles. The van der Waals surface area contributed by atoms with Crippen LogP contribution in [-0.2, 0) is 47.5 Å². The number of carbonyl (C=O) groups is 2. The van der Waals surface area contributed by atoms with Gasteiger partial charge in [0.1, 0.15) is 0 Å². The van der Waals surface area contributed by atoms with Gasteiger partial charge in [-0.3, -0.25) is 9.59 Å². The molecule has 0 aromatic carbocycles. The molecule has 13 nitrogen and oxygen atoms in total. The fraction of sp³-hybridized carbons (Fsp3) is 0.926. The Kier molecular flexibility index (Phi) is 26.8. The second-order valence-electron chi connectivity index (χ2n) is 9.79. The maximum atomic E-state index is 12.7. The van der Waals surface area contributed by atoms with Gasteiger partial charge in [0, 0.05) is 39.3 Å². The molecule has 1 atom stereocenters. The van der Waals surface area contributed by atoms with Crippen LogP contribution in [0.3, 0.4) is 0 Å². The number of nitrogens with one attached hydrogen (secondary N) is 3. The highest BCUT2D eigenvalue weighted by molar-refractivity contribution is 5.83. The molecule has 2 amide bonds. The Labute approximate surface area is 240 Å². The summed E-state index contributed by atoms with van der Waals surface area (Å²) < 4.78 is 42.2. The molecule has 40 heavy (non-hydrogen) atoms. The molecule has 238 valence electrons. The number of carbonyl (C=O) groups excluding carboxylic acids is 2. The standard InChI is InChI=1S/C27H55N3O10/c1-27(2,3)30-24(26(32)29-9-11-36-17-19-40-23-21-38-15-13-34-5)6-7-25(31)28-8-10-35-16-18-39-22-20-37-14-12-33-4/h24,30H,6-23H2,1-5H3,(H,28,31)(H,29,32)/t24-/m0/s1. The van der Waals surface area contributed by atoms with Crippen molar-refractivity contribution in [2.75, 3.05) is 120 Å². The molecule has 0 bridgehead atoms. The summed E-state index contributed by atoms with van der Waals surface area (Å²) >= 11 is 0. The number of hydrogen-bond donors (Lipinski definition) is 3. The van der Waals surface area contributed by atoms with Crippen molar-refractivity contribution >= 4 is 11.8 Å². The summed E-state index contributed by atoms with van der Waals surface area (Å²) in [6.45, 7) is 13.5. The van der Waals surface area contributed by atoms with Crippen LogP contribution in [0.4, 0.5) is 0 Å². The van der Waals surface area contributed by atoms with Crippen LogP contribution in [0.1, 0.15) is 33.6 Å². The minimum absolute atomic E-state index is 0.131. The normalized spacial score (nSPS) is 12.4. The number of ether oxygens (including phenoxy) is 8. The van der Waals surface area contributed by atoms with E-state index in [0.717, 1.165) is 0 Å². The first-order valence-electron chi connectivity index (χ1n) is 14.1. The van der Waals surface area contributed by atoms with E-state index in [2.05, 4.69) is 16.0 Å². The molecule has 0 heterocycles. The van der Waals surface area contributed by atoms with Gasteiger partial charge in [-0.05, 0) is 27.2 Å². The van der Waals surface area contributed by atoms with Gasteiger partial charge in [0.25, 0.3) is 0 Å². The minimum atomic E-state index is -0.501. The lowest BCUT2D eigenvalue weighted by molar-refractivity contribution is -0.125. The molecule has 3 N–H and O–H groups in total. The van der Waals surface area contributed by atoms with Crippen LogP contribution in [0, 0.1) is 0 Å². The lowest BCUT2D eigenvalue weighted by Gasteiger charge is -2.28. The Bertz CT molecular complexity index is 593. The average molecular weight is 582 g/mol. The molecule has 0 spiro atoms. The van der Waals surface area contributed by atoms with Gasteiger partial charge in [0.15, 0.2) is 0 Å². The maximum Gasteiger partial charge on any atom is 0.237 e. The van der Waals surface area contributed by atoms with E-state index in [-0.39, 0.29) is 23.8 Å². The van der Waals surface area contributed by atoms with E-state index in [9.17, 15) is 9.59 Å². The number of rotatable bonds is 29. The van der Waals surface area contributed by atoms with Gasteiger partial charge in [0.2, 0.25) is 11.8 Å². The van der Waals surface area contributed by atoms with Crippen LogP contribution in [0.25, 0.3) is 0 Å². The van der Waals surface area contributed by atoms with E-state index in [0.29, 0.717) is 112 Å². The zero-order valence-corrected chi connectivity index (χ0v) is 25.4. The van der Waals surface area contributed by atoms with Crippen molar-refractivity contribution in [3.63, 3.8) is 0 Å². The molecule has 0 unspecified atom stereocenters. The summed E-state index contributed by atoms with van der Waals surface area (Å²) in [6.07, 6.45) is 0.591. The van der Waals surface area contributed by atoms with Gasteiger partial charge in [-0.1, -0.05) is 0 Å². The molecule has 0 saturated carbocycles. The van der Waals surface area contributed by atoms with Gasteiger partial charge in [-0.15, -0.1) is 0 Å². The van der Waals surface area contributed by atoms with Crippen molar-refractivity contribution in [1.82, 2.24) is 16.0 Å². The first kappa shape index (κ1) is 38.6. The van der Waals surface area contributed by atoms with Crippen LogP contribution in [0.2, 0.25) is 0 Å². The molecule has 13 heteroatoms. The number of hydrogen-bond acceptors (Lipinski definition) is 11. The van der Waals surface area contributed by atoms with Crippen LogP contribution in [0.15, 0.2) is 0 Å². The second kappa shape index (κ2) is 27.7. The Morgan fingerprint density at radius 2 is 0.950 bits per heavy atom. The molecule has 0 aromatic rings.